The molecular formula is C19H20O7. The molecule has 1 atom stereocenters. The van der Waals surface area contributed by atoms with Crippen LogP contribution in [0.3, 0.4) is 0 Å². The molecule has 0 radical (unpaired) electrons. The second kappa shape index (κ2) is 6.67. The fraction of sp³-hybridized carbons (Fsp3) is 0.316. The summed E-state index contributed by atoms with van der Waals surface area (Å²) >= 11 is 0. The van der Waals surface area contributed by atoms with Gasteiger partial charge in [0.2, 0.25) is 5.75 Å². The first-order chi connectivity index (χ1) is 12.4. The first kappa shape index (κ1) is 17.7. The van der Waals surface area contributed by atoms with E-state index in [1.165, 1.54) is 27.2 Å². The first-order valence-corrected chi connectivity index (χ1v) is 8.04. The Morgan fingerprint density at radius 1 is 1.15 bits per heavy atom. The summed E-state index contributed by atoms with van der Waals surface area (Å²) in [7, 11) is 2.85. The summed E-state index contributed by atoms with van der Waals surface area (Å²) in [6.45, 7) is 1.52. The Morgan fingerprint density at radius 3 is 2.50 bits per heavy atom. The highest BCUT2D eigenvalue weighted by molar-refractivity contribution is 6.05. The van der Waals surface area contributed by atoms with Gasteiger partial charge < -0.3 is 29.5 Å². The maximum absolute atomic E-state index is 12.9. The first-order valence-electron chi connectivity index (χ1n) is 8.04. The van der Waals surface area contributed by atoms with Crippen molar-refractivity contribution in [3.8, 4) is 34.5 Å². The van der Waals surface area contributed by atoms with Crippen molar-refractivity contribution in [2.45, 2.75) is 13.3 Å². The molecule has 2 aromatic carbocycles. The molecule has 1 heterocycles. The van der Waals surface area contributed by atoms with Crippen LogP contribution in [0.25, 0.3) is 0 Å². The van der Waals surface area contributed by atoms with Gasteiger partial charge >= 0.3 is 0 Å². The molecule has 0 fully saturated rings. The van der Waals surface area contributed by atoms with Gasteiger partial charge in [-0.25, -0.2) is 0 Å². The summed E-state index contributed by atoms with van der Waals surface area (Å²) < 4.78 is 15.8. The van der Waals surface area contributed by atoms with E-state index >= 15 is 0 Å². The van der Waals surface area contributed by atoms with Gasteiger partial charge in [-0.05, 0) is 25.0 Å². The smallest absolute Gasteiger partial charge is 0.204 e. The van der Waals surface area contributed by atoms with Gasteiger partial charge in [0.05, 0.1) is 26.7 Å². The summed E-state index contributed by atoms with van der Waals surface area (Å²) in [6, 6.07) is 4.85. The van der Waals surface area contributed by atoms with Crippen molar-refractivity contribution in [3.05, 3.63) is 34.9 Å². The summed E-state index contributed by atoms with van der Waals surface area (Å²) in [5, 5.41) is 30.5. The Hall–Kier alpha value is -3.09. The Kier molecular flexibility index (Phi) is 4.54. The number of Topliss-reactive ketones (excluding diaryl/α,β-unsaturated/α-hetero) is 1. The van der Waals surface area contributed by atoms with Crippen LogP contribution in [0.15, 0.2) is 18.2 Å². The third-order valence-corrected chi connectivity index (χ3v) is 4.60. The Bertz CT molecular complexity index is 873. The number of hydrogen-bond acceptors (Lipinski definition) is 7. The number of carbonyl (C=O) groups is 1. The fourth-order valence-electron chi connectivity index (χ4n) is 3.08. The SMILES string of the molecule is COc1ccc(C[C@@H]2COc3c(OC)c(O)c(C)c(O)c3C2=O)c(O)c1. The fourth-order valence-corrected chi connectivity index (χ4v) is 3.08. The topological polar surface area (TPSA) is 105 Å². The molecule has 0 saturated carbocycles. The number of aromatic hydroxyl groups is 3. The summed E-state index contributed by atoms with van der Waals surface area (Å²) in [5.74, 6) is -0.929. The molecule has 0 spiro atoms. The maximum Gasteiger partial charge on any atom is 0.204 e. The van der Waals surface area contributed by atoms with Crippen molar-refractivity contribution in [3.63, 3.8) is 0 Å². The van der Waals surface area contributed by atoms with Crippen LogP contribution in [0.5, 0.6) is 34.5 Å². The molecule has 26 heavy (non-hydrogen) atoms. The minimum Gasteiger partial charge on any atom is -0.508 e. The predicted octanol–water partition coefficient (Wildman–Crippen LogP) is 2.56. The van der Waals surface area contributed by atoms with Gasteiger partial charge in [-0.3, -0.25) is 4.79 Å². The molecular weight excluding hydrogens is 340 g/mol. The van der Waals surface area contributed by atoms with Crippen LogP contribution < -0.4 is 14.2 Å². The average Bonchev–Trinajstić information content (AvgIpc) is 2.63. The molecule has 7 heteroatoms. The van der Waals surface area contributed by atoms with Gasteiger partial charge in [0.1, 0.15) is 22.8 Å². The van der Waals surface area contributed by atoms with E-state index in [0.717, 1.165) is 0 Å². The van der Waals surface area contributed by atoms with Gasteiger partial charge in [0.15, 0.2) is 17.3 Å². The third-order valence-electron chi connectivity index (χ3n) is 4.60. The van der Waals surface area contributed by atoms with Crippen LogP contribution in [-0.2, 0) is 6.42 Å². The van der Waals surface area contributed by atoms with Gasteiger partial charge in [0.25, 0.3) is 0 Å². The molecule has 0 unspecified atom stereocenters. The zero-order chi connectivity index (χ0) is 19.0. The number of ether oxygens (including phenoxy) is 3. The van der Waals surface area contributed by atoms with E-state index in [1.807, 2.05) is 0 Å². The lowest BCUT2D eigenvalue weighted by molar-refractivity contribution is 0.0819. The normalized spacial score (nSPS) is 16.0. The van der Waals surface area contributed by atoms with Crippen molar-refractivity contribution in [1.29, 1.82) is 0 Å². The number of carbonyl (C=O) groups excluding carboxylic acids is 1. The van der Waals surface area contributed by atoms with E-state index in [9.17, 15) is 20.1 Å². The van der Waals surface area contributed by atoms with E-state index in [-0.39, 0.29) is 58.7 Å². The molecule has 0 bridgehead atoms. The Balaban J connectivity index is 1.97. The minimum absolute atomic E-state index is 0.0126. The van der Waals surface area contributed by atoms with E-state index in [0.29, 0.717) is 11.3 Å². The van der Waals surface area contributed by atoms with Crippen LogP contribution in [0.1, 0.15) is 21.5 Å². The standard InChI is InChI=1S/C19H20O7/c1-9-15(21)14-17(23)11(8-26-18(14)19(25-3)16(9)22)6-10-4-5-12(24-2)7-13(10)20/h4-5,7,11,20-22H,6,8H2,1-3H3/t11-/m1/s1. The number of fused-ring (bicyclic) bond motifs is 1. The zero-order valence-corrected chi connectivity index (χ0v) is 14.7. The maximum atomic E-state index is 12.9. The highest BCUT2D eigenvalue weighted by Gasteiger charge is 2.36. The monoisotopic (exact) mass is 360 g/mol. The van der Waals surface area contributed by atoms with Crippen LogP contribution in [0.4, 0.5) is 0 Å². The third kappa shape index (κ3) is 2.75. The molecule has 2 aromatic rings. The van der Waals surface area contributed by atoms with Crippen molar-refractivity contribution in [1.82, 2.24) is 0 Å². The average molecular weight is 360 g/mol. The molecule has 3 rings (SSSR count). The second-order valence-corrected chi connectivity index (χ2v) is 6.13. The number of rotatable bonds is 4. The number of ketones is 1. The van der Waals surface area contributed by atoms with Crippen LogP contribution in [0.2, 0.25) is 0 Å². The molecule has 7 nitrogen and oxygen atoms in total. The van der Waals surface area contributed by atoms with E-state index in [2.05, 4.69) is 0 Å². The van der Waals surface area contributed by atoms with Crippen LogP contribution >= 0.6 is 0 Å². The van der Waals surface area contributed by atoms with E-state index < -0.39 is 5.92 Å². The highest BCUT2D eigenvalue weighted by Crippen LogP contribution is 2.50. The summed E-state index contributed by atoms with van der Waals surface area (Å²) in [4.78, 5) is 12.9. The molecule has 1 aliphatic heterocycles. The minimum atomic E-state index is -0.596. The van der Waals surface area contributed by atoms with Crippen LogP contribution in [0, 0.1) is 12.8 Å². The van der Waals surface area contributed by atoms with Crippen LogP contribution in [-0.4, -0.2) is 41.9 Å². The Labute approximate surface area is 150 Å². The van der Waals surface area contributed by atoms with Gasteiger partial charge in [-0.1, -0.05) is 6.07 Å². The second-order valence-electron chi connectivity index (χ2n) is 6.13. The molecule has 0 amide bonds. The largest absolute Gasteiger partial charge is 0.508 e. The molecule has 3 N–H and O–H groups in total. The van der Waals surface area contributed by atoms with Crippen molar-refractivity contribution < 1.29 is 34.3 Å². The molecule has 0 aromatic heterocycles. The zero-order valence-electron chi connectivity index (χ0n) is 14.7. The molecule has 0 saturated heterocycles. The molecule has 138 valence electrons. The molecule has 1 aliphatic rings. The lowest BCUT2D eigenvalue weighted by atomic mass is 9.87. The molecule has 0 aliphatic carbocycles. The lowest BCUT2D eigenvalue weighted by Crippen LogP contribution is -2.30. The van der Waals surface area contributed by atoms with Crippen molar-refractivity contribution in [2.75, 3.05) is 20.8 Å². The predicted molar refractivity (Wildman–Crippen MR) is 92.7 cm³/mol. The summed E-state index contributed by atoms with van der Waals surface area (Å²) in [5.41, 5.74) is 0.699. The highest BCUT2D eigenvalue weighted by atomic mass is 16.5. The van der Waals surface area contributed by atoms with Crippen molar-refractivity contribution in [2.24, 2.45) is 5.92 Å². The number of methoxy groups -OCH3 is 2. The van der Waals surface area contributed by atoms with E-state index in [4.69, 9.17) is 14.2 Å². The quantitative estimate of drug-likeness (QED) is 0.769. The number of hydrogen-bond donors (Lipinski definition) is 3. The van der Waals surface area contributed by atoms with Gasteiger partial charge in [-0.15, -0.1) is 0 Å². The van der Waals surface area contributed by atoms with Gasteiger partial charge in [0, 0.05) is 11.6 Å². The summed E-state index contributed by atoms with van der Waals surface area (Å²) in [6.07, 6.45) is 0.232. The number of phenols is 3. The lowest BCUT2D eigenvalue weighted by Gasteiger charge is -2.27. The van der Waals surface area contributed by atoms with Crippen molar-refractivity contribution >= 4 is 5.78 Å². The number of phenolic OH excluding ortho intramolecular Hbond substituents is 3. The number of benzene rings is 2. The van der Waals surface area contributed by atoms with Gasteiger partial charge in [-0.2, -0.15) is 0 Å². The Morgan fingerprint density at radius 2 is 1.88 bits per heavy atom. The van der Waals surface area contributed by atoms with E-state index in [1.54, 1.807) is 12.1 Å².